The number of pyridine rings is 1. The SMILES string of the molecule is N#Cc1ncccc1NC1CC1N. The summed E-state index contributed by atoms with van der Waals surface area (Å²) in [7, 11) is 0. The lowest BCUT2D eigenvalue weighted by Gasteiger charge is -2.04. The number of nitrogens with two attached hydrogens (primary N) is 1. The molecule has 1 fully saturated rings. The van der Waals surface area contributed by atoms with Crippen molar-refractivity contribution in [3.8, 4) is 6.07 Å². The van der Waals surface area contributed by atoms with Gasteiger partial charge >= 0.3 is 0 Å². The Kier molecular flexibility index (Phi) is 1.87. The van der Waals surface area contributed by atoms with Gasteiger partial charge in [-0.3, -0.25) is 0 Å². The molecule has 13 heavy (non-hydrogen) atoms. The molecule has 0 saturated heterocycles. The summed E-state index contributed by atoms with van der Waals surface area (Å²) in [5, 5.41) is 11.9. The van der Waals surface area contributed by atoms with E-state index >= 15 is 0 Å². The van der Waals surface area contributed by atoms with Gasteiger partial charge in [-0.25, -0.2) is 4.98 Å². The standard InChI is InChI=1S/C9H10N4/c10-5-9-7(2-1-3-12-9)13-8-4-6(8)11/h1-3,6,8,13H,4,11H2. The molecule has 2 unspecified atom stereocenters. The number of aromatic nitrogens is 1. The molecule has 0 bridgehead atoms. The molecule has 0 aliphatic heterocycles. The average molecular weight is 174 g/mol. The molecule has 0 aromatic carbocycles. The Morgan fingerprint density at radius 3 is 3.08 bits per heavy atom. The number of rotatable bonds is 2. The normalized spacial score (nSPS) is 24.9. The second kappa shape index (κ2) is 3.04. The maximum absolute atomic E-state index is 8.73. The maximum Gasteiger partial charge on any atom is 0.163 e. The predicted molar refractivity (Wildman–Crippen MR) is 49.0 cm³/mol. The van der Waals surface area contributed by atoms with Crippen LogP contribution < -0.4 is 11.1 Å². The van der Waals surface area contributed by atoms with Crippen LogP contribution in [-0.4, -0.2) is 17.1 Å². The van der Waals surface area contributed by atoms with Crippen LogP contribution in [0.3, 0.4) is 0 Å². The molecule has 0 spiro atoms. The Morgan fingerprint density at radius 1 is 1.69 bits per heavy atom. The minimum absolute atomic E-state index is 0.228. The molecule has 0 amide bonds. The van der Waals surface area contributed by atoms with Crippen molar-refractivity contribution in [2.75, 3.05) is 5.32 Å². The van der Waals surface area contributed by atoms with Crippen molar-refractivity contribution < 1.29 is 0 Å². The van der Waals surface area contributed by atoms with Gasteiger partial charge in [0, 0.05) is 18.3 Å². The van der Waals surface area contributed by atoms with Crippen LogP contribution in [0.2, 0.25) is 0 Å². The molecule has 1 saturated carbocycles. The maximum atomic E-state index is 8.73. The average Bonchev–Trinajstić information content (AvgIpc) is 2.83. The third-order valence-corrected chi connectivity index (χ3v) is 2.09. The molecule has 66 valence electrons. The van der Waals surface area contributed by atoms with Crippen molar-refractivity contribution in [1.82, 2.24) is 4.98 Å². The Balaban J connectivity index is 2.15. The van der Waals surface area contributed by atoms with Gasteiger partial charge in [0.1, 0.15) is 6.07 Å². The first-order valence-electron chi connectivity index (χ1n) is 4.18. The van der Waals surface area contributed by atoms with Gasteiger partial charge in [0.25, 0.3) is 0 Å². The van der Waals surface area contributed by atoms with Gasteiger partial charge in [-0.1, -0.05) is 0 Å². The molecule has 0 radical (unpaired) electrons. The van der Waals surface area contributed by atoms with Crippen LogP contribution in [0, 0.1) is 11.3 Å². The number of anilines is 1. The van der Waals surface area contributed by atoms with E-state index in [0.717, 1.165) is 12.1 Å². The van der Waals surface area contributed by atoms with E-state index in [1.54, 1.807) is 12.3 Å². The summed E-state index contributed by atoms with van der Waals surface area (Å²) in [4.78, 5) is 3.94. The van der Waals surface area contributed by atoms with Crippen LogP contribution in [0.5, 0.6) is 0 Å². The van der Waals surface area contributed by atoms with Gasteiger partial charge in [-0.05, 0) is 18.6 Å². The third kappa shape index (κ3) is 1.60. The van der Waals surface area contributed by atoms with Gasteiger partial charge in [-0.15, -0.1) is 0 Å². The molecule has 1 aliphatic rings. The highest BCUT2D eigenvalue weighted by molar-refractivity contribution is 5.55. The van der Waals surface area contributed by atoms with E-state index < -0.39 is 0 Å². The molecule has 1 aromatic rings. The van der Waals surface area contributed by atoms with Crippen molar-refractivity contribution in [2.45, 2.75) is 18.5 Å². The second-order valence-electron chi connectivity index (χ2n) is 3.16. The van der Waals surface area contributed by atoms with E-state index in [9.17, 15) is 0 Å². The summed E-state index contributed by atoms with van der Waals surface area (Å²) in [5.41, 5.74) is 6.85. The first-order valence-corrected chi connectivity index (χ1v) is 4.18. The van der Waals surface area contributed by atoms with E-state index in [1.807, 2.05) is 12.1 Å². The van der Waals surface area contributed by atoms with E-state index in [0.29, 0.717) is 11.7 Å². The Hall–Kier alpha value is -1.60. The Morgan fingerprint density at radius 2 is 2.46 bits per heavy atom. The molecule has 1 aliphatic carbocycles. The van der Waals surface area contributed by atoms with Crippen molar-refractivity contribution in [3.05, 3.63) is 24.0 Å². The van der Waals surface area contributed by atoms with Crippen molar-refractivity contribution >= 4 is 5.69 Å². The fourth-order valence-corrected chi connectivity index (χ4v) is 1.19. The zero-order valence-corrected chi connectivity index (χ0v) is 7.07. The minimum atomic E-state index is 0.228. The van der Waals surface area contributed by atoms with Crippen molar-refractivity contribution in [1.29, 1.82) is 5.26 Å². The second-order valence-corrected chi connectivity index (χ2v) is 3.16. The van der Waals surface area contributed by atoms with Gasteiger partial charge in [0.15, 0.2) is 5.69 Å². The zero-order chi connectivity index (χ0) is 9.26. The highest BCUT2D eigenvalue weighted by Gasteiger charge is 2.33. The van der Waals surface area contributed by atoms with Gasteiger partial charge < -0.3 is 11.1 Å². The number of hydrogen-bond donors (Lipinski definition) is 2. The number of nitrogens with zero attached hydrogens (tertiary/aromatic N) is 2. The number of nitrogens with one attached hydrogen (secondary N) is 1. The first kappa shape index (κ1) is 8.02. The van der Waals surface area contributed by atoms with Crippen LogP contribution in [-0.2, 0) is 0 Å². The summed E-state index contributed by atoms with van der Waals surface area (Å²) in [6.45, 7) is 0. The molecular formula is C9H10N4. The van der Waals surface area contributed by atoms with E-state index in [1.165, 1.54) is 0 Å². The molecule has 1 heterocycles. The summed E-state index contributed by atoms with van der Waals surface area (Å²) in [6.07, 6.45) is 2.58. The fourth-order valence-electron chi connectivity index (χ4n) is 1.19. The van der Waals surface area contributed by atoms with E-state index in [2.05, 4.69) is 10.3 Å². The van der Waals surface area contributed by atoms with Gasteiger partial charge in [-0.2, -0.15) is 5.26 Å². The molecule has 2 rings (SSSR count). The smallest absolute Gasteiger partial charge is 0.163 e. The van der Waals surface area contributed by atoms with E-state index in [-0.39, 0.29) is 6.04 Å². The van der Waals surface area contributed by atoms with Crippen LogP contribution in [0.15, 0.2) is 18.3 Å². The molecule has 2 atom stereocenters. The largest absolute Gasteiger partial charge is 0.378 e. The molecular weight excluding hydrogens is 164 g/mol. The quantitative estimate of drug-likeness (QED) is 0.683. The molecule has 1 aromatic heterocycles. The number of nitriles is 1. The van der Waals surface area contributed by atoms with Crippen LogP contribution in [0.1, 0.15) is 12.1 Å². The van der Waals surface area contributed by atoms with Gasteiger partial charge in [0.2, 0.25) is 0 Å². The summed E-state index contributed by atoms with van der Waals surface area (Å²) in [6, 6.07) is 6.22. The highest BCUT2D eigenvalue weighted by Crippen LogP contribution is 2.24. The van der Waals surface area contributed by atoms with Gasteiger partial charge in [0.05, 0.1) is 5.69 Å². The summed E-state index contributed by atoms with van der Waals surface area (Å²) in [5.74, 6) is 0. The van der Waals surface area contributed by atoms with Crippen molar-refractivity contribution in [3.63, 3.8) is 0 Å². The third-order valence-electron chi connectivity index (χ3n) is 2.09. The lowest BCUT2D eigenvalue weighted by atomic mass is 10.3. The molecule has 4 heteroatoms. The Labute approximate surface area is 76.4 Å². The zero-order valence-electron chi connectivity index (χ0n) is 7.07. The molecule has 4 nitrogen and oxygen atoms in total. The lowest BCUT2D eigenvalue weighted by Crippen LogP contribution is -2.14. The minimum Gasteiger partial charge on any atom is -0.378 e. The lowest BCUT2D eigenvalue weighted by molar-refractivity contribution is 1.00. The topological polar surface area (TPSA) is 74.7 Å². The summed E-state index contributed by atoms with van der Waals surface area (Å²) < 4.78 is 0. The van der Waals surface area contributed by atoms with Crippen LogP contribution >= 0.6 is 0 Å². The fraction of sp³-hybridized carbons (Fsp3) is 0.333. The monoisotopic (exact) mass is 174 g/mol. The van der Waals surface area contributed by atoms with Crippen LogP contribution in [0.25, 0.3) is 0 Å². The van der Waals surface area contributed by atoms with Crippen LogP contribution in [0.4, 0.5) is 5.69 Å². The highest BCUT2D eigenvalue weighted by atomic mass is 15.0. The first-order chi connectivity index (χ1) is 6.31. The summed E-state index contributed by atoms with van der Waals surface area (Å²) >= 11 is 0. The molecule has 3 N–H and O–H groups in total. The predicted octanol–water partition coefficient (Wildman–Crippen LogP) is 0.465. The number of hydrogen-bond acceptors (Lipinski definition) is 4. The Bertz CT molecular complexity index is 355. The van der Waals surface area contributed by atoms with Crippen molar-refractivity contribution in [2.24, 2.45) is 5.73 Å². The van der Waals surface area contributed by atoms with E-state index in [4.69, 9.17) is 11.0 Å².